The lowest BCUT2D eigenvalue weighted by molar-refractivity contribution is -0.130. The second-order valence-corrected chi connectivity index (χ2v) is 6.38. The molecule has 6 nitrogen and oxygen atoms in total. The lowest BCUT2D eigenvalue weighted by Crippen LogP contribution is -2.37. The number of nitrogens with zero attached hydrogens (tertiary/aromatic N) is 1. The monoisotopic (exact) mass is 346 g/mol. The van der Waals surface area contributed by atoms with Crippen molar-refractivity contribution in [2.45, 2.75) is 25.0 Å². The summed E-state index contributed by atoms with van der Waals surface area (Å²) >= 11 is 1.27. The number of hydrogen-bond donors (Lipinski definition) is 1. The smallest absolute Gasteiger partial charge is 0.349 e. The van der Waals surface area contributed by atoms with Crippen LogP contribution in [-0.4, -0.2) is 36.1 Å². The van der Waals surface area contributed by atoms with Crippen LogP contribution in [0.5, 0.6) is 0 Å². The van der Waals surface area contributed by atoms with E-state index in [0.29, 0.717) is 17.0 Å². The summed E-state index contributed by atoms with van der Waals surface area (Å²) in [5.41, 5.74) is 0.534. The molecule has 2 aromatic rings. The van der Waals surface area contributed by atoms with Crippen LogP contribution in [-0.2, 0) is 14.3 Å². The largest absolute Gasteiger partial charge is 0.443 e. The quantitative estimate of drug-likeness (QED) is 0.813. The summed E-state index contributed by atoms with van der Waals surface area (Å²) in [5, 5.41) is 4.59. The van der Waals surface area contributed by atoms with E-state index in [1.165, 1.54) is 17.5 Å². The molecule has 1 aliphatic heterocycles. The molecule has 1 amide bonds. The fourth-order valence-electron chi connectivity index (χ4n) is 2.48. The van der Waals surface area contributed by atoms with Gasteiger partial charge in [-0.15, -0.1) is 11.3 Å². The number of esters is 1. The van der Waals surface area contributed by atoms with Crippen molar-refractivity contribution in [2.75, 3.05) is 13.2 Å². The van der Waals surface area contributed by atoms with E-state index in [0.717, 1.165) is 19.4 Å². The molecular formula is C17H18N2O4S. The Bertz CT molecular complexity index is 669. The Hall–Kier alpha value is -2.25. The Morgan fingerprint density at radius 3 is 3.00 bits per heavy atom. The van der Waals surface area contributed by atoms with Gasteiger partial charge in [0.2, 0.25) is 6.10 Å². The Kier molecular flexibility index (Phi) is 5.55. The van der Waals surface area contributed by atoms with Crippen LogP contribution in [0.25, 0.3) is 0 Å². The van der Waals surface area contributed by atoms with Crippen LogP contribution in [0.15, 0.2) is 42.0 Å². The van der Waals surface area contributed by atoms with Crippen molar-refractivity contribution < 1.29 is 19.1 Å². The highest BCUT2D eigenvalue weighted by atomic mass is 32.1. The lowest BCUT2D eigenvalue weighted by Gasteiger charge is -2.18. The second kappa shape index (κ2) is 8.03. The van der Waals surface area contributed by atoms with Gasteiger partial charge in [0.1, 0.15) is 4.88 Å². The van der Waals surface area contributed by atoms with Crippen molar-refractivity contribution in [3.8, 4) is 0 Å². The van der Waals surface area contributed by atoms with E-state index >= 15 is 0 Å². The molecule has 24 heavy (non-hydrogen) atoms. The van der Waals surface area contributed by atoms with Crippen molar-refractivity contribution in [2.24, 2.45) is 0 Å². The zero-order valence-corrected chi connectivity index (χ0v) is 13.8. The number of thiophene rings is 1. The first kappa shape index (κ1) is 16.6. The second-order valence-electron chi connectivity index (χ2n) is 5.43. The highest BCUT2D eigenvalue weighted by molar-refractivity contribution is 7.11. The number of ether oxygens (including phenoxy) is 2. The number of nitrogens with one attached hydrogen (secondary N) is 1. The van der Waals surface area contributed by atoms with Gasteiger partial charge in [-0.1, -0.05) is 12.1 Å². The van der Waals surface area contributed by atoms with E-state index < -0.39 is 12.1 Å². The van der Waals surface area contributed by atoms with Crippen LogP contribution in [0.4, 0.5) is 0 Å². The molecule has 0 bridgehead atoms. The van der Waals surface area contributed by atoms with Gasteiger partial charge in [0.15, 0.2) is 0 Å². The van der Waals surface area contributed by atoms with Gasteiger partial charge < -0.3 is 14.8 Å². The van der Waals surface area contributed by atoms with E-state index in [1.807, 2.05) is 0 Å². The van der Waals surface area contributed by atoms with Crippen LogP contribution < -0.4 is 5.32 Å². The summed E-state index contributed by atoms with van der Waals surface area (Å²) in [6, 6.07) is 6.84. The Morgan fingerprint density at radius 2 is 2.33 bits per heavy atom. The number of hydrogen-bond acceptors (Lipinski definition) is 6. The minimum Gasteiger partial charge on any atom is -0.443 e. The molecule has 0 aliphatic carbocycles. The maximum absolute atomic E-state index is 12.5. The summed E-state index contributed by atoms with van der Waals surface area (Å²) in [5.74, 6) is -0.894. The van der Waals surface area contributed by atoms with E-state index in [4.69, 9.17) is 9.47 Å². The number of carbonyl (C=O) groups excluding carboxylic acids is 2. The SMILES string of the molecule is O=C(O[C@@H](C(=O)NC[C@@H]1CCCO1)c1cccnc1)c1cccs1. The maximum atomic E-state index is 12.5. The Morgan fingerprint density at radius 1 is 1.42 bits per heavy atom. The molecule has 126 valence electrons. The molecule has 1 fully saturated rings. The van der Waals surface area contributed by atoms with Gasteiger partial charge in [0, 0.05) is 31.1 Å². The highest BCUT2D eigenvalue weighted by Gasteiger charge is 2.27. The molecule has 0 radical (unpaired) electrons. The van der Waals surface area contributed by atoms with Gasteiger partial charge >= 0.3 is 5.97 Å². The van der Waals surface area contributed by atoms with Crippen LogP contribution in [0.2, 0.25) is 0 Å². The maximum Gasteiger partial charge on any atom is 0.349 e. The third kappa shape index (κ3) is 4.18. The molecule has 1 saturated heterocycles. The highest BCUT2D eigenvalue weighted by Crippen LogP contribution is 2.21. The van der Waals surface area contributed by atoms with Crippen molar-refractivity contribution >= 4 is 23.2 Å². The first-order valence-corrected chi connectivity index (χ1v) is 8.66. The first-order valence-electron chi connectivity index (χ1n) is 7.78. The lowest BCUT2D eigenvalue weighted by atomic mass is 10.1. The van der Waals surface area contributed by atoms with E-state index in [9.17, 15) is 9.59 Å². The van der Waals surface area contributed by atoms with Crippen molar-refractivity contribution in [3.63, 3.8) is 0 Å². The molecule has 2 atom stereocenters. The molecule has 2 aromatic heterocycles. The normalized spacial score (nSPS) is 18.1. The third-order valence-corrected chi connectivity index (χ3v) is 4.55. The van der Waals surface area contributed by atoms with Gasteiger partial charge in [-0.3, -0.25) is 9.78 Å². The molecule has 7 heteroatoms. The third-order valence-electron chi connectivity index (χ3n) is 3.70. The zero-order chi connectivity index (χ0) is 16.8. The van der Waals surface area contributed by atoms with Crippen molar-refractivity contribution in [1.82, 2.24) is 10.3 Å². The Labute approximate surface area is 143 Å². The average molecular weight is 346 g/mol. The molecule has 0 saturated carbocycles. The molecule has 0 unspecified atom stereocenters. The van der Waals surface area contributed by atoms with Gasteiger partial charge in [0.05, 0.1) is 6.10 Å². The van der Waals surface area contributed by atoms with Crippen molar-refractivity contribution in [3.05, 3.63) is 52.5 Å². The predicted molar refractivity (Wildman–Crippen MR) is 88.7 cm³/mol. The standard InChI is InChI=1S/C17H18N2O4S/c20-16(19-11-13-5-2-8-22-13)15(12-4-1-7-18-10-12)23-17(21)14-6-3-9-24-14/h1,3-4,6-7,9-10,13,15H,2,5,8,11H2,(H,19,20)/t13-,15+/m0/s1. The van der Waals surface area contributed by atoms with E-state index in [-0.39, 0.29) is 12.0 Å². The van der Waals surface area contributed by atoms with Crippen LogP contribution in [0.3, 0.4) is 0 Å². The summed E-state index contributed by atoms with van der Waals surface area (Å²) in [6.45, 7) is 1.13. The van der Waals surface area contributed by atoms with E-state index in [1.54, 1.807) is 35.8 Å². The zero-order valence-electron chi connectivity index (χ0n) is 13.0. The minimum absolute atomic E-state index is 0.0245. The topological polar surface area (TPSA) is 77.5 Å². The summed E-state index contributed by atoms with van der Waals surface area (Å²) < 4.78 is 10.9. The molecular weight excluding hydrogens is 328 g/mol. The van der Waals surface area contributed by atoms with Gasteiger partial charge in [0.25, 0.3) is 5.91 Å². The molecule has 3 heterocycles. The van der Waals surface area contributed by atoms with Crippen LogP contribution in [0.1, 0.15) is 34.2 Å². The summed E-state index contributed by atoms with van der Waals surface area (Å²) in [6.07, 6.45) is 4.04. The van der Waals surface area contributed by atoms with Gasteiger partial charge in [-0.2, -0.15) is 0 Å². The fraction of sp³-hybridized carbons (Fsp3) is 0.353. The Balaban J connectivity index is 1.69. The minimum atomic E-state index is -1.03. The summed E-state index contributed by atoms with van der Waals surface area (Å²) in [7, 11) is 0. The number of pyridine rings is 1. The van der Waals surface area contributed by atoms with Gasteiger partial charge in [-0.05, 0) is 30.4 Å². The van der Waals surface area contributed by atoms with Crippen LogP contribution >= 0.6 is 11.3 Å². The molecule has 0 aromatic carbocycles. The molecule has 3 rings (SSSR count). The number of rotatable bonds is 6. The van der Waals surface area contributed by atoms with E-state index in [2.05, 4.69) is 10.3 Å². The molecule has 1 N–H and O–H groups in total. The average Bonchev–Trinajstić information content (AvgIpc) is 3.31. The molecule has 0 spiro atoms. The number of amides is 1. The molecule has 1 aliphatic rings. The van der Waals surface area contributed by atoms with Crippen molar-refractivity contribution in [1.29, 1.82) is 0 Å². The number of carbonyl (C=O) groups is 2. The van der Waals surface area contributed by atoms with Crippen LogP contribution in [0, 0.1) is 0 Å². The predicted octanol–water partition coefficient (Wildman–Crippen LogP) is 2.34. The van der Waals surface area contributed by atoms with Gasteiger partial charge in [-0.25, -0.2) is 4.79 Å². The first-order chi connectivity index (χ1) is 11.7. The fourth-order valence-corrected chi connectivity index (χ4v) is 3.08. The number of aromatic nitrogens is 1. The summed E-state index contributed by atoms with van der Waals surface area (Å²) in [4.78, 5) is 29.2.